The zero-order chi connectivity index (χ0) is 18.2. The van der Waals surface area contributed by atoms with Crippen molar-refractivity contribution in [1.82, 2.24) is 9.88 Å². The van der Waals surface area contributed by atoms with Crippen molar-refractivity contribution in [2.45, 2.75) is 18.5 Å². The fourth-order valence-corrected chi connectivity index (χ4v) is 4.67. The third-order valence-corrected chi connectivity index (χ3v) is 6.17. The Hall–Kier alpha value is -2.12. The number of hydrogen-bond donors (Lipinski definition) is 1. The van der Waals surface area contributed by atoms with E-state index >= 15 is 0 Å². The molecule has 28 heavy (non-hydrogen) atoms. The number of hydrogen-bond acceptors (Lipinski definition) is 6. The van der Waals surface area contributed by atoms with Crippen LogP contribution in [-0.4, -0.2) is 35.8 Å². The fourth-order valence-electron chi connectivity index (χ4n) is 3.87. The average Bonchev–Trinajstić information content (AvgIpc) is 3.42. The summed E-state index contributed by atoms with van der Waals surface area (Å²) in [5, 5.41) is 3.15. The first-order valence-electron chi connectivity index (χ1n) is 9.13. The van der Waals surface area contributed by atoms with E-state index in [2.05, 4.69) is 40.6 Å². The van der Waals surface area contributed by atoms with Crippen molar-refractivity contribution >= 4 is 23.7 Å². The van der Waals surface area contributed by atoms with E-state index in [9.17, 15) is 0 Å². The zero-order valence-electron chi connectivity index (χ0n) is 15.3. The van der Waals surface area contributed by atoms with Crippen LogP contribution in [0.5, 0.6) is 11.5 Å². The van der Waals surface area contributed by atoms with Gasteiger partial charge in [0.05, 0.1) is 5.69 Å². The minimum atomic E-state index is 0. The molecule has 0 aliphatic carbocycles. The van der Waals surface area contributed by atoms with Crippen molar-refractivity contribution in [2.24, 2.45) is 5.73 Å². The summed E-state index contributed by atoms with van der Waals surface area (Å²) < 4.78 is 10.9. The molecule has 0 unspecified atom stereocenters. The maximum absolute atomic E-state index is 6.42. The van der Waals surface area contributed by atoms with Gasteiger partial charge in [-0.2, -0.15) is 0 Å². The minimum absolute atomic E-state index is 0. The number of fused-ring (bicyclic) bond motifs is 1. The normalized spacial score (nSPS) is 20.9. The van der Waals surface area contributed by atoms with Crippen LogP contribution in [0.3, 0.4) is 0 Å². The molecule has 0 bridgehead atoms. The molecule has 1 fully saturated rings. The van der Waals surface area contributed by atoms with E-state index in [-0.39, 0.29) is 18.4 Å². The van der Waals surface area contributed by atoms with Crippen molar-refractivity contribution < 1.29 is 9.47 Å². The summed E-state index contributed by atoms with van der Waals surface area (Å²) in [7, 11) is 0. The van der Waals surface area contributed by atoms with Gasteiger partial charge in [-0.3, -0.25) is 4.90 Å². The molecule has 3 heterocycles. The van der Waals surface area contributed by atoms with Crippen LogP contribution >= 0.6 is 23.7 Å². The van der Waals surface area contributed by atoms with Gasteiger partial charge in [0, 0.05) is 42.5 Å². The van der Waals surface area contributed by atoms with Gasteiger partial charge in [0.25, 0.3) is 0 Å². The largest absolute Gasteiger partial charge is 0.454 e. The third-order valence-electron chi connectivity index (χ3n) is 5.23. The number of thiazole rings is 1. The van der Waals surface area contributed by atoms with Crippen LogP contribution in [0, 0.1) is 0 Å². The lowest BCUT2D eigenvalue weighted by molar-refractivity contribution is 0.174. The van der Waals surface area contributed by atoms with E-state index in [0.717, 1.165) is 47.4 Å². The number of nitrogens with two attached hydrogens (primary N) is 1. The summed E-state index contributed by atoms with van der Waals surface area (Å²) >= 11 is 1.66. The van der Waals surface area contributed by atoms with Crippen molar-refractivity contribution in [3.8, 4) is 22.1 Å². The molecule has 0 radical (unpaired) electrons. The highest BCUT2D eigenvalue weighted by molar-refractivity contribution is 7.13. The molecule has 2 N–H and O–H groups in total. The molecule has 0 spiro atoms. The average molecular weight is 416 g/mol. The van der Waals surface area contributed by atoms with Gasteiger partial charge < -0.3 is 15.2 Å². The minimum Gasteiger partial charge on any atom is -0.454 e. The predicted molar refractivity (Wildman–Crippen MR) is 113 cm³/mol. The van der Waals surface area contributed by atoms with Crippen molar-refractivity contribution in [3.05, 3.63) is 65.2 Å². The molecule has 1 saturated heterocycles. The Morgan fingerprint density at radius 3 is 2.75 bits per heavy atom. The van der Waals surface area contributed by atoms with E-state index in [1.54, 1.807) is 11.3 Å². The molecule has 2 aliphatic rings. The standard InChI is InChI=1S/C21H21N3O2S.ClH/c22-18-11-24(10-17(18)14-4-2-1-3-5-14)9-16-12-27-21(23-16)15-6-7-19-20(8-15)26-13-25-19;/h1-8,12,17-18H,9-11,13,22H2;1H/t17-,18+;/m0./s1. The molecular weight excluding hydrogens is 394 g/mol. The molecule has 5 rings (SSSR count). The van der Waals surface area contributed by atoms with Crippen molar-refractivity contribution in [2.75, 3.05) is 19.9 Å². The van der Waals surface area contributed by atoms with Crippen LogP contribution in [-0.2, 0) is 6.54 Å². The highest BCUT2D eigenvalue weighted by Crippen LogP contribution is 2.37. The molecule has 5 nitrogen and oxygen atoms in total. The lowest BCUT2D eigenvalue weighted by Gasteiger charge is -2.15. The van der Waals surface area contributed by atoms with E-state index in [0.29, 0.717) is 12.7 Å². The lowest BCUT2D eigenvalue weighted by Crippen LogP contribution is -2.28. The Balaban J connectivity index is 0.00000192. The summed E-state index contributed by atoms with van der Waals surface area (Å²) in [5.41, 5.74) is 9.90. The second-order valence-corrected chi connectivity index (χ2v) is 7.95. The van der Waals surface area contributed by atoms with Crippen LogP contribution in [0.2, 0.25) is 0 Å². The van der Waals surface area contributed by atoms with Gasteiger partial charge in [0.1, 0.15) is 5.01 Å². The summed E-state index contributed by atoms with van der Waals surface area (Å²) in [6.07, 6.45) is 0. The van der Waals surface area contributed by atoms with Gasteiger partial charge in [-0.05, 0) is 23.8 Å². The second kappa shape index (κ2) is 8.09. The topological polar surface area (TPSA) is 60.6 Å². The first kappa shape index (κ1) is 19.2. The van der Waals surface area contributed by atoms with Crippen LogP contribution in [0.4, 0.5) is 0 Å². The van der Waals surface area contributed by atoms with E-state index < -0.39 is 0 Å². The van der Waals surface area contributed by atoms with E-state index in [1.165, 1.54) is 5.56 Å². The number of rotatable bonds is 4. The SMILES string of the molecule is Cl.N[C@@H]1CN(Cc2csc(-c3ccc4c(c3)OCO4)n2)C[C@H]1c1ccccc1. The molecular formula is C21H22ClN3O2S. The smallest absolute Gasteiger partial charge is 0.231 e. The highest BCUT2D eigenvalue weighted by Gasteiger charge is 2.31. The van der Waals surface area contributed by atoms with Gasteiger partial charge in [-0.15, -0.1) is 23.7 Å². The first-order chi connectivity index (χ1) is 13.3. The first-order valence-corrected chi connectivity index (χ1v) is 10.0. The Kier molecular flexibility index (Phi) is 5.55. The van der Waals surface area contributed by atoms with E-state index in [4.69, 9.17) is 20.2 Å². The number of aromatic nitrogens is 1. The quantitative estimate of drug-likeness (QED) is 0.700. The number of likely N-dealkylation sites (tertiary alicyclic amines) is 1. The van der Waals surface area contributed by atoms with Gasteiger partial charge in [-0.25, -0.2) is 4.98 Å². The molecule has 0 saturated carbocycles. The van der Waals surface area contributed by atoms with Crippen LogP contribution in [0.1, 0.15) is 17.2 Å². The summed E-state index contributed by atoms with van der Waals surface area (Å²) in [6.45, 7) is 3.00. The fraction of sp³-hybridized carbons (Fsp3) is 0.286. The maximum Gasteiger partial charge on any atom is 0.231 e. The molecule has 3 aromatic rings. The Bertz CT molecular complexity index is 950. The van der Waals surface area contributed by atoms with Crippen molar-refractivity contribution in [3.63, 3.8) is 0 Å². The van der Waals surface area contributed by atoms with Gasteiger partial charge in [0.15, 0.2) is 11.5 Å². The lowest BCUT2D eigenvalue weighted by atomic mass is 9.95. The molecule has 146 valence electrons. The molecule has 2 aliphatic heterocycles. The van der Waals surface area contributed by atoms with Gasteiger partial charge >= 0.3 is 0 Å². The Morgan fingerprint density at radius 1 is 1.07 bits per heavy atom. The predicted octanol–water partition coefficient (Wildman–Crippen LogP) is 3.89. The zero-order valence-corrected chi connectivity index (χ0v) is 16.9. The Morgan fingerprint density at radius 2 is 1.89 bits per heavy atom. The molecule has 7 heteroatoms. The van der Waals surface area contributed by atoms with Crippen LogP contribution < -0.4 is 15.2 Å². The van der Waals surface area contributed by atoms with Crippen molar-refractivity contribution in [1.29, 1.82) is 0 Å². The summed E-state index contributed by atoms with van der Waals surface area (Å²) in [6, 6.07) is 16.7. The summed E-state index contributed by atoms with van der Waals surface area (Å²) in [5.74, 6) is 1.98. The summed E-state index contributed by atoms with van der Waals surface area (Å²) in [4.78, 5) is 7.24. The van der Waals surface area contributed by atoms with Crippen LogP contribution in [0.25, 0.3) is 10.6 Å². The third kappa shape index (κ3) is 3.73. The molecule has 0 amide bonds. The van der Waals surface area contributed by atoms with Crippen LogP contribution in [0.15, 0.2) is 53.9 Å². The molecule has 2 atom stereocenters. The van der Waals surface area contributed by atoms with Gasteiger partial charge in [-0.1, -0.05) is 30.3 Å². The number of halogens is 1. The number of benzene rings is 2. The highest BCUT2D eigenvalue weighted by atomic mass is 35.5. The maximum atomic E-state index is 6.42. The second-order valence-electron chi connectivity index (χ2n) is 7.09. The van der Waals surface area contributed by atoms with Gasteiger partial charge in [0.2, 0.25) is 6.79 Å². The Labute approximate surface area is 174 Å². The number of nitrogens with zero attached hydrogens (tertiary/aromatic N) is 2. The monoisotopic (exact) mass is 415 g/mol. The van der Waals surface area contributed by atoms with E-state index in [1.807, 2.05) is 18.2 Å². The number of ether oxygens (including phenoxy) is 2. The molecule has 2 aromatic carbocycles. The molecule has 1 aromatic heterocycles.